The normalized spacial score (nSPS) is 10.4. The number of nitrogens with zero attached hydrogens (tertiary/aromatic N) is 1. The van der Waals surface area contributed by atoms with Gasteiger partial charge in [0.1, 0.15) is 12.4 Å². The van der Waals surface area contributed by atoms with Gasteiger partial charge in [0.15, 0.2) is 0 Å². The van der Waals surface area contributed by atoms with E-state index in [1.54, 1.807) is 24.4 Å². The molecule has 4 heteroatoms. The van der Waals surface area contributed by atoms with Crippen LogP contribution in [0.15, 0.2) is 66.3 Å². The number of rotatable bonds is 6. The van der Waals surface area contributed by atoms with E-state index in [0.29, 0.717) is 11.6 Å². The molecule has 0 unspecified atom stereocenters. The molecule has 0 atom stereocenters. The summed E-state index contributed by atoms with van der Waals surface area (Å²) in [5, 5.41) is 4.88. The Morgan fingerprint density at radius 3 is 2.65 bits per heavy atom. The first kappa shape index (κ1) is 14.2. The van der Waals surface area contributed by atoms with Crippen LogP contribution < -0.4 is 10.2 Å². The Morgan fingerprint density at radius 2 is 1.90 bits per heavy atom. The lowest BCUT2D eigenvalue weighted by molar-refractivity contribution is 0.363. The third-order valence-corrected chi connectivity index (χ3v) is 2.77. The highest BCUT2D eigenvalue weighted by Crippen LogP contribution is 2.16. The molecule has 0 spiro atoms. The van der Waals surface area contributed by atoms with Crippen LogP contribution in [0.2, 0.25) is 5.02 Å². The smallest absolute Gasteiger partial charge is 0.128 e. The largest absolute Gasteiger partial charge is 0.489 e. The minimum atomic E-state index is 0.468. The first-order chi connectivity index (χ1) is 9.79. The van der Waals surface area contributed by atoms with Gasteiger partial charge in [-0.1, -0.05) is 36.4 Å². The summed E-state index contributed by atoms with van der Waals surface area (Å²) in [4.78, 5) is 0. The van der Waals surface area contributed by atoms with E-state index < -0.39 is 0 Å². The summed E-state index contributed by atoms with van der Waals surface area (Å²) in [6.07, 6.45) is 3.42. The zero-order valence-corrected chi connectivity index (χ0v) is 11.7. The van der Waals surface area contributed by atoms with E-state index in [2.05, 4.69) is 17.1 Å². The molecule has 1 N–H and O–H groups in total. The van der Waals surface area contributed by atoms with Gasteiger partial charge in [-0.05, 0) is 36.4 Å². The van der Waals surface area contributed by atoms with Crippen molar-refractivity contribution in [3.05, 3.63) is 71.8 Å². The second-order valence-corrected chi connectivity index (χ2v) is 4.45. The highest BCUT2D eigenvalue weighted by molar-refractivity contribution is 6.30. The Bertz CT molecular complexity index is 594. The molecule has 102 valence electrons. The predicted octanol–water partition coefficient (Wildman–Crippen LogP) is 4.35. The molecule has 0 aliphatic carbocycles. The highest BCUT2D eigenvalue weighted by Gasteiger charge is 1.98. The number of hydrazone groups is 1. The summed E-state index contributed by atoms with van der Waals surface area (Å²) in [5.41, 5.74) is 4.71. The van der Waals surface area contributed by atoms with Crippen molar-refractivity contribution in [3.63, 3.8) is 0 Å². The van der Waals surface area contributed by atoms with E-state index in [1.165, 1.54) is 0 Å². The monoisotopic (exact) mass is 286 g/mol. The highest BCUT2D eigenvalue weighted by atomic mass is 35.5. The fraction of sp³-hybridized carbons (Fsp3) is 0.0625. The lowest BCUT2D eigenvalue weighted by atomic mass is 10.2. The minimum Gasteiger partial charge on any atom is -0.489 e. The molecular weight excluding hydrogens is 272 g/mol. The van der Waals surface area contributed by atoms with E-state index in [1.807, 2.05) is 36.4 Å². The van der Waals surface area contributed by atoms with E-state index in [4.69, 9.17) is 16.3 Å². The summed E-state index contributed by atoms with van der Waals surface area (Å²) in [6.45, 7) is 4.10. The molecule has 0 aliphatic rings. The molecule has 0 aliphatic heterocycles. The quantitative estimate of drug-likeness (QED) is 0.486. The van der Waals surface area contributed by atoms with Gasteiger partial charge in [-0.15, -0.1) is 0 Å². The number of nitrogens with one attached hydrogen (secondary N) is 1. The average Bonchev–Trinajstić information content (AvgIpc) is 2.48. The fourth-order valence-corrected chi connectivity index (χ4v) is 1.69. The maximum atomic E-state index is 5.82. The molecule has 2 aromatic rings. The van der Waals surface area contributed by atoms with Gasteiger partial charge in [-0.3, -0.25) is 5.43 Å². The molecule has 0 fully saturated rings. The van der Waals surface area contributed by atoms with Gasteiger partial charge < -0.3 is 4.74 Å². The van der Waals surface area contributed by atoms with Crippen molar-refractivity contribution >= 4 is 23.5 Å². The molecular formula is C16H15ClN2O. The molecule has 0 amide bonds. The van der Waals surface area contributed by atoms with Crippen molar-refractivity contribution in [2.24, 2.45) is 5.10 Å². The van der Waals surface area contributed by atoms with Crippen molar-refractivity contribution in [3.8, 4) is 5.75 Å². The second-order valence-electron chi connectivity index (χ2n) is 4.01. The van der Waals surface area contributed by atoms with E-state index >= 15 is 0 Å². The number of ether oxygens (including phenoxy) is 1. The summed E-state index contributed by atoms with van der Waals surface area (Å²) in [6, 6.07) is 15.0. The molecule has 0 saturated carbocycles. The number of halogens is 1. The zero-order chi connectivity index (χ0) is 14.2. The maximum Gasteiger partial charge on any atom is 0.128 e. The summed E-state index contributed by atoms with van der Waals surface area (Å²) >= 11 is 5.82. The Labute approximate surface area is 123 Å². The van der Waals surface area contributed by atoms with Crippen LogP contribution in [-0.4, -0.2) is 12.8 Å². The average molecular weight is 287 g/mol. The van der Waals surface area contributed by atoms with Gasteiger partial charge in [0, 0.05) is 10.6 Å². The predicted molar refractivity (Wildman–Crippen MR) is 84.8 cm³/mol. The van der Waals surface area contributed by atoms with Crippen molar-refractivity contribution < 1.29 is 4.74 Å². The van der Waals surface area contributed by atoms with Crippen LogP contribution in [0.3, 0.4) is 0 Å². The first-order valence-corrected chi connectivity index (χ1v) is 6.55. The third-order valence-electron chi connectivity index (χ3n) is 2.52. The van der Waals surface area contributed by atoms with Crippen molar-refractivity contribution in [1.29, 1.82) is 0 Å². The SMILES string of the molecule is C=CCOc1ccccc1/C=N\Nc1ccc(Cl)cc1. The third kappa shape index (κ3) is 4.14. The number of hydrogen-bond donors (Lipinski definition) is 1. The Balaban J connectivity index is 2.03. The Morgan fingerprint density at radius 1 is 1.15 bits per heavy atom. The number of benzene rings is 2. The number of anilines is 1. The standard InChI is InChI=1S/C16H15ClN2O/c1-2-11-20-16-6-4-3-5-13(16)12-18-19-15-9-7-14(17)8-10-15/h2-10,12,19H,1,11H2/b18-12-. The fourth-order valence-electron chi connectivity index (χ4n) is 1.57. The van der Waals surface area contributed by atoms with Gasteiger partial charge in [0.2, 0.25) is 0 Å². The molecule has 2 aromatic carbocycles. The van der Waals surface area contributed by atoms with Crippen molar-refractivity contribution in [1.82, 2.24) is 0 Å². The zero-order valence-electron chi connectivity index (χ0n) is 10.9. The van der Waals surface area contributed by atoms with E-state index in [9.17, 15) is 0 Å². The molecule has 3 nitrogen and oxygen atoms in total. The van der Waals surface area contributed by atoms with Crippen LogP contribution in [0, 0.1) is 0 Å². The first-order valence-electron chi connectivity index (χ1n) is 6.17. The number of para-hydroxylation sites is 1. The lowest BCUT2D eigenvalue weighted by Gasteiger charge is -2.06. The summed E-state index contributed by atoms with van der Waals surface area (Å²) in [5.74, 6) is 0.772. The van der Waals surface area contributed by atoms with Crippen LogP contribution in [0.5, 0.6) is 5.75 Å². The number of hydrogen-bond acceptors (Lipinski definition) is 3. The molecule has 0 heterocycles. The molecule has 0 saturated heterocycles. The summed E-state index contributed by atoms with van der Waals surface area (Å²) in [7, 11) is 0. The van der Waals surface area contributed by atoms with E-state index in [-0.39, 0.29) is 0 Å². The van der Waals surface area contributed by atoms with Gasteiger partial charge in [-0.25, -0.2) is 0 Å². The Hall–Kier alpha value is -2.26. The second kappa shape index (κ2) is 7.36. The topological polar surface area (TPSA) is 33.6 Å². The van der Waals surface area contributed by atoms with Gasteiger partial charge in [-0.2, -0.15) is 5.10 Å². The lowest BCUT2D eigenvalue weighted by Crippen LogP contribution is -1.97. The minimum absolute atomic E-state index is 0.468. The van der Waals surface area contributed by atoms with Crippen molar-refractivity contribution in [2.75, 3.05) is 12.0 Å². The molecule has 0 radical (unpaired) electrons. The van der Waals surface area contributed by atoms with E-state index in [0.717, 1.165) is 17.0 Å². The van der Waals surface area contributed by atoms with Crippen LogP contribution in [0.4, 0.5) is 5.69 Å². The van der Waals surface area contributed by atoms with Gasteiger partial charge in [0.25, 0.3) is 0 Å². The maximum absolute atomic E-state index is 5.82. The molecule has 0 aromatic heterocycles. The van der Waals surface area contributed by atoms with Crippen LogP contribution in [0.25, 0.3) is 0 Å². The summed E-state index contributed by atoms with van der Waals surface area (Å²) < 4.78 is 5.55. The van der Waals surface area contributed by atoms with Crippen LogP contribution >= 0.6 is 11.6 Å². The van der Waals surface area contributed by atoms with Crippen LogP contribution in [-0.2, 0) is 0 Å². The van der Waals surface area contributed by atoms with Gasteiger partial charge >= 0.3 is 0 Å². The Kier molecular flexibility index (Phi) is 5.21. The molecule has 20 heavy (non-hydrogen) atoms. The molecule has 2 rings (SSSR count). The van der Waals surface area contributed by atoms with Gasteiger partial charge in [0.05, 0.1) is 11.9 Å². The molecule has 0 bridgehead atoms. The van der Waals surface area contributed by atoms with Crippen LogP contribution in [0.1, 0.15) is 5.56 Å². The van der Waals surface area contributed by atoms with Crippen molar-refractivity contribution in [2.45, 2.75) is 0 Å².